The minimum absolute atomic E-state index is 0.00217. The lowest BCUT2D eigenvalue weighted by Crippen LogP contribution is -2.50. The number of hydrogen-bond donors (Lipinski definition) is 1. The smallest absolute Gasteiger partial charge is 0.289 e. The molecule has 4 rings (SSSR count). The molecule has 0 bridgehead atoms. The van der Waals surface area contributed by atoms with Gasteiger partial charge in [-0.1, -0.05) is 18.2 Å². The van der Waals surface area contributed by atoms with Crippen LogP contribution in [0, 0.1) is 0 Å². The Morgan fingerprint density at radius 1 is 1.00 bits per heavy atom. The molecule has 0 radical (unpaired) electrons. The molecule has 1 saturated heterocycles. The number of aromatic nitrogens is 1. The van der Waals surface area contributed by atoms with Crippen LogP contribution in [-0.4, -0.2) is 52.8 Å². The largest absolute Gasteiger partial charge is 0.459 e. The first-order valence-corrected chi connectivity index (χ1v) is 9.33. The first kappa shape index (κ1) is 18.0. The highest BCUT2D eigenvalue weighted by molar-refractivity contribution is 5.91. The number of benzene rings is 1. The summed E-state index contributed by atoms with van der Waals surface area (Å²) in [6.07, 6.45) is 2.14. The van der Waals surface area contributed by atoms with Gasteiger partial charge in [0.05, 0.1) is 6.26 Å². The predicted molar refractivity (Wildman–Crippen MR) is 104 cm³/mol. The van der Waals surface area contributed by atoms with Crippen molar-refractivity contribution in [3.63, 3.8) is 0 Å². The lowest BCUT2D eigenvalue weighted by atomic mass is 10.1. The second-order valence-electron chi connectivity index (χ2n) is 6.86. The van der Waals surface area contributed by atoms with E-state index in [0.717, 1.165) is 10.9 Å². The molecule has 1 aromatic carbocycles. The standard InChI is InChI=1S/C21H21N3O4/c25-19(8-7-16-14-15-4-1-2-5-17(15)22-20(16)26)23-9-11-24(12-10-23)21(27)18-6-3-13-28-18/h1-6,13-14H,7-12H2,(H,22,26). The van der Waals surface area contributed by atoms with Crippen LogP contribution in [-0.2, 0) is 11.2 Å². The van der Waals surface area contributed by atoms with Crippen molar-refractivity contribution < 1.29 is 14.0 Å². The number of aryl methyl sites for hydroxylation is 1. The van der Waals surface area contributed by atoms with E-state index < -0.39 is 0 Å². The van der Waals surface area contributed by atoms with E-state index in [2.05, 4.69) is 4.98 Å². The summed E-state index contributed by atoms with van der Waals surface area (Å²) in [5.74, 6) is 0.160. The fraction of sp³-hybridized carbons (Fsp3) is 0.286. The Morgan fingerprint density at radius 3 is 2.50 bits per heavy atom. The van der Waals surface area contributed by atoms with Crippen molar-refractivity contribution in [2.24, 2.45) is 0 Å². The van der Waals surface area contributed by atoms with Crippen LogP contribution in [0.25, 0.3) is 10.9 Å². The van der Waals surface area contributed by atoms with Crippen molar-refractivity contribution in [3.05, 3.63) is 70.4 Å². The van der Waals surface area contributed by atoms with Gasteiger partial charge in [-0.2, -0.15) is 0 Å². The molecule has 144 valence electrons. The van der Waals surface area contributed by atoms with Crippen LogP contribution >= 0.6 is 0 Å². The van der Waals surface area contributed by atoms with Gasteiger partial charge in [0.15, 0.2) is 5.76 Å². The second-order valence-corrected chi connectivity index (χ2v) is 6.86. The van der Waals surface area contributed by atoms with Crippen LogP contribution in [0.3, 0.4) is 0 Å². The number of carbonyl (C=O) groups is 2. The third-order valence-electron chi connectivity index (χ3n) is 5.09. The summed E-state index contributed by atoms with van der Waals surface area (Å²) in [4.78, 5) is 43.3. The zero-order valence-corrected chi connectivity index (χ0v) is 15.4. The summed E-state index contributed by atoms with van der Waals surface area (Å²) in [6.45, 7) is 1.92. The van der Waals surface area contributed by atoms with Crippen molar-refractivity contribution in [1.82, 2.24) is 14.8 Å². The fourth-order valence-corrected chi connectivity index (χ4v) is 3.49. The van der Waals surface area contributed by atoms with Crippen LogP contribution in [0.5, 0.6) is 0 Å². The van der Waals surface area contributed by atoms with E-state index in [4.69, 9.17) is 4.42 Å². The molecular formula is C21H21N3O4. The summed E-state index contributed by atoms with van der Waals surface area (Å²) in [5.41, 5.74) is 1.25. The molecule has 0 atom stereocenters. The summed E-state index contributed by atoms with van der Waals surface area (Å²) >= 11 is 0. The van der Waals surface area contributed by atoms with Gasteiger partial charge in [0.1, 0.15) is 0 Å². The van der Waals surface area contributed by atoms with E-state index in [-0.39, 0.29) is 23.8 Å². The molecule has 7 nitrogen and oxygen atoms in total. The van der Waals surface area contributed by atoms with Gasteiger partial charge in [0.2, 0.25) is 5.91 Å². The molecule has 3 heterocycles. The van der Waals surface area contributed by atoms with Crippen molar-refractivity contribution in [3.8, 4) is 0 Å². The highest BCUT2D eigenvalue weighted by Gasteiger charge is 2.25. The number of hydrogen-bond acceptors (Lipinski definition) is 4. The van der Waals surface area contributed by atoms with Crippen molar-refractivity contribution in [2.45, 2.75) is 12.8 Å². The minimum atomic E-state index is -0.153. The molecule has 0 spiro atoms. The van der Waals surface area contributed by atoms with Crippen molar-refractivity contribution in [2.75, 3.05) is 26.2 Å². The van der Waals surface area contributed by atoms with Gasteiger partial charge in [-0.25, -0.2) is 0 Å². The number of nitrogens with one attached hydrogen (secondary N) is 1. The number of fused-ring (bicyclic) bond motifs is 1. The number of furan rings is 1. The van der Waals surface area contributed by atoms with Crippen molar-refractivity contribution >= 4 is 22.7 Å². The first-order chi connectivity index (χ1) is 13.6. The summed E-state index contributed by atoms with van der Waals surface area (Å²) < 4.78 is 5.15. The van der Waals surface area contributed by atoms with Gasteiger partial charge >= 0.3 is 0 Å². The number of aromatic amines is 1. The average Bonchev–Trinajstić information content (AvgIpc) is 3.26. The molecular weight excluding hydrogens is 358 g/mol. The molecule has 0 aliphatic carbocycles. The van der Waals surface area contributed by atoms with Crippen LogP contribution in [0.1, 0.15) is 22.5 Å². The van der Waals surface area contributed by atoms with E-state index in [0.29, 0.717) is 43.9 Å². The number of piperazine rings is 1. The zero-order chi connectivity index (χ0) is 19.5. The normalized spacial score (nSPS) is 14.4. The monoisotopic (exact) mass is 379 g/mol. The van der Waals surface area contributed by atoms with Gasteiger partial charge in [-0.15, -0.1) is 0 Å². The number of H-pyrrole nitrogens is 1. The molecule has 2 aromatic heterocycles. The van der Waals surface area contributed by atoms with E-state index in [1.54, 1.807) is 21.9 Å². The van der Waals surface area contributed by atoms with Gasteiger partial charge < -0.3 is 19.2 Å². The van der Waals surface area contributed by atoms with E-state index >= 15 is 0 Å². The maximum Gasteiger partial charge on any atom is 0.289 e. The third kappa shape index (κ3) is 3.69. The Labute approximate surface area is 161 Å². The van der Waals surface area contributed by atoms with Gasteiger partial charge in [0, 0.05) is 43.7 Å². The van der Waals surface area contributed by atoms with E-state index in [1.165, 1.54) is 6.26 Å². The second kappa shape index (κ2) is 7.72. The molecule has 0 unspecified atom stereocenters. The average molecular weight is 379 g/mol. The molecule has 28 heavy (non-hydrogen) atoms. The Kier molecular flexibility index (Phi) is 4.97. The summed E-state index contributed by atoms with van der Waals surface area (Å²) in [5, 5.41) is 0.953. The molecule has 2 amide bonds. The van der Waals surface area contributed by atoms with E-state index in [1.807, 2.05) is 30.3 Å². The first-order valence-electron chi connectivity index (χ1n) is 9.33. The minimum Gasteiger partial charge on any atom is -0.459 e. The lowest BCUT2D eigenvalue weighted by Gasteiger charge is -2.34. The Bertz CT molecular complexity index is 1050. The maximum absolute atomic E-state index is 12.5. The van der Waals surface area contributed by atoms with Gasteiger partial charge in [0.25, 0.3) is 11.5 Å². The number of nitrogens with zero attached hydrogens (tertiary/aromatic N) is 2. The van der Waals surface area contributed by atoms with Crippen LogP contribution in [0.15, 0.2) is 57.9 Å². The molecule has 1 N–H and O–H groups in total. The van der Waals surface area contributed by atoms with Gasteiger partial charge in [-0.3, -0.25) is 14.4 Å². The molecule has 1 aliphatic rings. The third-order valence-corrected chi connectivity index (χ3v) is 5.09. The van der Waals surface area contributed by atoms with Crippen LogP contribution < -0.4 is 5.56 Å². The molecule has 1 aliphatic heterocycles. The van der Waals surface area contributed by atoms with Crippen LogP contribution in [0.4, 0.5) is 0 Å². The van der Waals surface area contributed by atoms with Gasteiger partial charge in [-0.05, 0) is 36.1 Å². The summed E-state index contributed by atoms with van der Waals surface area (Å²) in [7, 11) is 0. The number of rotatable bonds is 4. The number of para-hydroxylation sites is 1. The molecule has 3 aromatic rings. The van der Waals surface area contributed by atoms with Crippen LogP contribution in [0.2, 0.25) is 0 Å². The number of carbonyl (C=O) groups excluding carboxylic acids is 2. The number of amides is 2. The highest BCUT2D eigenvalue weighted by Crippen LogP contribution is 2.13. The fourth-order valence-electron chi connectivity index (χ4n) is 3.49. The SMILES string of the molecule is O=C(CCc1cc2ccccc2[nH]c1=O)N1CCN(C(=O)c2ccco2)CC1. The maximum atomic E-state index is 12.5. The Balaban J connectivity index is 1.33. The quantitative estimate of drug-likeness (QED) is 0.752. The molecule has 0 saturated carbocycles. The molecule has 7 heteroatoms. The van der Waals surface area contributed by atoms with Crippen molar-refractivity contribution in [1.29, 1.82) is 0 Å². The molecule has 1 fully saturated rings. The Hall–Kier alpha value is -3.35. The topological polar surface area (TPSA) is 86.6 Å². The summed E-state index contributed by atoms with van der Waals surface area (Å²) in [6, 6.07) is 12.8. The predicted octanol–water partition coefficient (Wildman–Crippen LogP) is 2.04. The highest BCUT2D eigenvalue weighted by atomic mass is 16.3. The Morgan fingerprint density at radius 2 is 1.75 bits per heavy atom. The van der Waals surface area contributed by atoms with E-state index in [9.17, 15) is 14.4 Å². The zero-order valence-electron chi connectivity index (χ0n) is 15.4. The number of pyridine rings is 1. The lowest BCUT2D eigenvalue weighted by molar-refractivity contribution is -0.132.